The van der Waals surface area contributed by atoms with E-state index in [-0.39, 0.29) is 17.2 Å². The highest BCUT2D eigenvalue weighted by molar-refractivity contribution is 6.01. The molecule has 1 unspecified atom stereocenters. The average molecular weight is 545 g/mol. The molecule has 0 saturated carbocycles. The summed E-state index contributed by atoms with van der Waals surface area (Å²) < 4.78 is 33.7. The smallest absolute Gasteiger partial charge is 0.475 e. The summed E-state index contributed by atoms with van der Waals surface area (Å²) in [5, 5.41) is 18.5. The highest BCUT2D eigenvalue weighted by atomic mass is 19.4. The van der Waals surface area contributed by atoms with Gasteiger partial charge in [0.1, 0.15) is 5.82 Å². The summed E-state index contributed by atoms with van der Waals surface area (Å²) in [4.78, 5) is 40.8. The lowest BCUT2D eigenvalue weighted by molar-refractivity contribution is -0.192. The van der Waals surface area contributed by atoms with Crippen molar-refractivity contribution >= 4 is 23.5 Å². The van der Waals surface area contributed by atoms with Crippen molar-refractivity contribution in [3.8, 4) is 0 Å². The number of para-hydroxylation sites is 1. The molecule has 2 aliphatic rings. The number of rotatable bonds is 4. The molecule has 0 aliphatic carbocycles. The number of benzene rings is 1. The van der Waals surface area contributed by atoms with Crippen LogP contribution in [0.5, 0.6) is 0 Å². The molecule has 1 spiro atoms. The molecule has 3 aromatic rings. The number of hydrogen-bond acceptors (Lipinski definition) is 6. The van der Waals surface area contributed by atoms with Crippen LogP contribution in [-0.2, 0) is 29.0 Å². The first-order valence-corrected chi connectivity index (χ1v) is 12.3. The molecule has 2 N–H and O–H groups in total. The summed E-state index contributed by atoms with van der Waals surface area (Å²) in [5.41, 5.74) is 1.60. The number of fused-ring (bicyclic) bond motifs is 1. The normalized spacial score (nSPS) is 18.5. The van der Waals surface area contributed by atoms with Crippen molar-refractivity contribution in [2.75, 3.05) is 18.4 Å². The Hall–Kier alpha value is -4.29. The Morgan fingerprint density at radius 3 is 2.33 bits per heavy atom. The fraction of sp³-hybridized carbons (Fsp3) is 0.385. The Morgan fingerprint density at radius 1 is 0.974 bits per heavy atom. The van der Waals surface area contributed by atoms with Crippen molar-refractivity contribution in [3.63, 3.8) is 0 Å². The van der Waals surface area contributed by atoms with E-state index in [0.29, 0.717) is 18.8 Å². The van der Waals surface area contributed by atoms with Gasteiger partial charge in [0.05, 0.1) is 6.42 Å². The number of carboxylic acids is 1. The van der Waals surface area contributed by atoms with Gasteiger partial charge in [-0.05, 0) is 48.9 Å². The van der Waals surface area contributed by atoms with E-state index in [4.69, 9.17) is 9.90 Å². The van der Waals surface area contributed by atoms with Crippen molar-refractivity contribution in [1.82, 2.24) is 24.6 Å². The molecule has 2 aliphatic heterocycles. The average Bonchev–Trinajstić information content (AvgIpc) is 3.47. The second kappa shape index (κ2) is 11.6. The summed E-state index contributed by atoms with van der Waals surface area (Å²) in [5.74, 6) is -1.68. The van der Waals surface area contributed by atoms with E-state index in [1.54, 1.807) is 6.20 Å². The van der Waals surface area contributed by atoms with Gasteiger partial charge in [-0.15, -0.1) is 10.2 Å². The number of likely N-dealkylation sites (tertiary alicyclic amines) is 1. The Kier molecular flexibility index (Phi) is 8.27. The fourth-order valence-electron chi connectivity index (χ4n) is 4.81. The number of anilines is 1. The molecule has 1 saturated heterocycles. The number of alkyl halides is 3. The number of nitrogens with zero attached hydrogens (tertiary/aromatic N) is 5. The van der Waals surface area contributed by atoms with Gasteiger partial charge >= 0.3 is 12.1 Å². The molecule has 206 valence electrons. The fourth-order valence-corrected chi connectivity index (χ4v) is 4.81. The van der Waals surface area contributed by atoms with Gasteiger partial charge in [0.15, 0.2) is 0 Å². The van der Waals surface area contributed by atoms with Gasteiger partial charge < -0.3 is 19.9 Å². The molecular weight excluding hydrogens is 517 g/mol. The summed E-state index contributed by atoms with van der Waals surface area (Å²) in [6.07, 6.45) is 0.557. The van der Waals surface area contributed by atoms with Crippen LogP contribution in [0.3, 0.4) is 0 Å². The van der Waals surface area contributed by atoms with E-state index in [1.165, 1.54) is 0 Å². The van der Waals surface area contributed by atoms with E-state index in [2.05, 4.69) is 20.5 Å². The molecule has 1 atom stereocenters. The number of hydrogen-bond donors (Lipinski definition) is 2. The number of carboxylic acid groups (broad SMARTS) is 1. The number of aryl methyl sites for hydroxylation is 1. The van der Waals surface area contributed by atoms with Gasteiger partial charge in [-0.1, -0.05) is 24.3 Å². The third kappa shape index (κ3) is 6.98. The first-order chi connectivity index (χ1) is 18.6. The third-order valence-corrected chi connectivity index (χ3v) is 6.90. The maximum absolute atomic E-state index is 12.8. The van der Waals surface area contributed by atoms with E-state index in [9.17, 15) is 22.8 Å². The van der Waals surface area contributed by atoms with Crippen LogP contribution in [0, 0.1) is 5.41 Å². The number of halogens is 3. The van der Waals surface area contributed by atoms with Gasteiger partial charge in [0, 0.05) is 43.6 Å². The van der Waals surface area contributed by atoms with Gasteiger partial charge in [-0.3, -0.25) is 14.6 Å². The number of carbonyl (C=O) groups excluding carboxylic acids is 2. The van der Waals surface area contributed by atoms with Gasteiger partial charge in [0.25, 0.3) is 5.91 Å². The lowest BCUT2D eigenvalue weighted by Gasteiger charge is -2.27. The summed E-state index contributed by atoms with van der Waals surface area (Å²) >= 11 is 0. The second-order valence-corrected chi connectivity index (χ2v) is 9.53. The Labute approximate surface area is 221 Å². The number of aromatic nitrogens is 4. The summed E-state index contributed by atoms with van der Waals surface area (Å²) in [6.45, 7) is 2.21. The van der Waals surface area contributed by atoms with Crippen LogP contribution >= 0.6 is 0 Å². The van der Waals surface area contributed by atoms with Gasteiger partial charge in [-0.25, -0.2) is 4.79 Å². The van der Waals surface area contributed by atoms with Crippen LogP contribution in [0.2, 0.25) is 0 Å². The van der Waals surface area contributed by atoms with Gasteiger partial charge in [0.2, 0.25) is 11.7 Å². The van der Waals surface area contributed by atoms with Crippen LogP contribution in [0.25, 0.3) is 0 Å². The van der Waals surface area contributed by atoms with E-state index < -0.39 is 12.1 Å². The highest BCUT2D eigenvalue weighted by Gasteiger charge is 2.41. The molecule has 0 radical (unpaired) electrons. The molecule has 5 rings (SSSR count). The lowest BCUT2D eigenvalue weighted by atomic mass is 9.80. The van der Waals surface area contributed by atoms with E-state index in [1.807, 2.05) is 58.0 Å². The third-order valence-electron chi connectivity index (χ3n) is 6.90. The quantitative estimate of drug-likeness (QED) is 0.515. The maximum Gasteiger partial charge on any atom is 0.490 e. The predicted octanol–water partition coefficient (Wildman–Crippen LogP) is 3.36. The molecule has 10 nitrogen and oxygen atoms in total. The minimum atomic E-state index is -5.08. The molecule has 1 aromatic carbocycles. The van der Waals surface area contributed by atoms with E-state index in [0.717, 1.165) is 56.0 Å². The largest absolute Gasteiger partial charge is 0.490 e. The van der Waals surface area contributed by atoms with E-state index >= 15 is 0 Å². The number of nitrogens with one attached hydrogen (secondary N) is 1. The van der Waals surface area contributed by atoms with Crippen molar-refractivity contribution in [2.24, 2.45) is 5.41 Å². The van der Waals surface area contributed by atoms with Crippen LogP contribution in [0.1, 0.15) is 41.4 Å². The Morgan fingerprint density at radius 2 is 1.67 bits per heavy atom. The molecule has 2 amide bonds. The molecular formula is C26H27F3N6O4. The number of amides is 2. The van der Waals surface area contributed by atoms with Gasteiger partial charge in [-0.2, -0.15) is 13.2 Å². The first kappa shape index (κ1) is 27.7. The topological polar surface area (TPSA) is 130 Å². The molecule has 4 heterocycles. The van der Waals surface area contributed by atoms with Crippen molar-refractivity contribution in [2.45, 2.75) is 44.8 Å². The van der Waals surface area contributed by atoms with Crippen molar-refractivity contribution < 1.29 is 32.7 Å². The van der Waals surface area contributed by atoms with Crippen molar-refractivity contribution in [1.29, 1.82) is 0 Å². The molecule has 1 fully saturated rings. The van der Waals surface area contributed by atoms with Crippen LogP contribution < -0.4 is 5.32 Å². The van der Waals surface area contributed by atoms with Crippen LogP contribution in [0.4, 0.5) is 18.9 Å². The monoisotopic (exact) mass is 544 g/mol. The molecule has 0 bridgehead atoms. The summed E-state index contributed by atoms with van der Waals surface area (Å²) in [6, 6.07) is 15.0. The highest BCUT2D eigenvalue weighted by Crippen LogP contribution is 2.41. The SMILES string of the molecule is O=C(Nc1ccccc1)c1nnc2n1CCC1(CC2)CCN(C(=O)Cc2ccccn2)C1.O=C(O)C(F)(F)F. The molecule has 2 aromatic heterocycles. The number of carbonyl (C=O) groups is 3. The standard InChI is InChI=1S/C24H26N6O2.C2HF3O2/c31-21(16-19-8-4-5-13-25-19)29-14-11-24(17-29)10-9-20-27-28-22(30(20)15-12-24)23(32)26-18-6-2-1-3-7-18;3-2(4,5)1(6)7/h1-8,13H,9-12,14-17H2,(H,26,32);(H,6,7). The minimum Gasteiger partial charge on any atom is -0.475 e. The lowest BCUT2D eigenvalue weighted by Crippen LogP contribution is -2.33. The van der Waals surface area contributed by atoms with Crippen molar-refractivity contribution in [3.05, 3.63) is 72.1 Å². The zero-order valence-electron chi connectivity index (χ0n) is 20.9. The van der Waals surface area contributed by atoms with Crippen LogP contribution in [-0.4, -0.2) is 66.8 Å². The Balaban J connectivity index is 0.000000448. The minimum absolute atomic E-state index is 0.0631. The molecule has 39 heavy (non-hydrogen) atoms. The molecule has 13 heteroatoms. The predicted molar refractivity (Wildman–Crippen MR) is 133 cm³/mol. The zero-order valence-corrected chi connectivity index (χ0v) is 20.9. The first-order valence-electron chi connectivity index (χ1n) is 12.3. The zero-order chi connectivity index (χ0) is 28.0. The second-order valence-electron chi connectivity index (χ2n) is 9.53. The van der Waals surface area contributed by atoms with Crippen LogP contribution in [0.15, 0.2) is 54.7 Å². The number of pyridine rings is 1. The Bertz CT molecular complexity index is 1320. The number of aliphatic carboxylic acids is 1. The summed E-state index contributed by atoms with van der Waals surface area (Å²) in [7, 11) is 0. The maximum atomic E-state index is 12.8.